The van der Waals surface area contributed by atoms with Crippen LogP contribution in [0.1, 0.15) is 22.4 Å². The van der Waals surface area contributed by atoms with Crippen LogP contribution < -0.4 is 4.74 Å². The van der Waals surface area contributed by atoms with Crippen LogP contribution in [0.3, 0.4) is 0 Å². The van der Waals surface area contributed by atoms with E-state index in [1.807, 2.05) is 54.4 Å². The molecule has 1 aromatic heterocycles. The van der Waals surface area contributed by atoms with Crippen molar-refractivity contribution < 1.29 is 19.4 Å². The lowest BCUT2D eigenvalue weighted by Gasteiger charge is -2.22. The highest BCUT2D eigenvalue weighted by atomic mass is 16.5. The van der Waals surface area contributed by atoms with Crippen molar-refractivity contribution in [1.29, 1.82) is 0 Å². The molecule has 1 amide bonds. The monoisotopic (exact) mass is 531 g/mol. The Morgan fingerprint density at radius 2 is 1.59 bits per heavy atom. The number of amides is 1. The number of nitrogens with one attached hydrogen (secondary N) is 1. The molecule has 0 saturated carbocycles. The molecule has 208 valence electrons. The Labute approximate surface area is 232 Å². The molecule has 0 aliphatic heterocycles. The number of carbonyl (C=O) groups excluding carboxylic acids is 2. The number of hydrogen-bond donors (Lipinski definition) is 2. The standard InChI is InChI=1S/C15H22N2O4.C10H11N.C7H8/c1-16(6-7-17(13-20)8-9-18)12-14-4-2-3-5-15(14)21-11-10-19;1-7-3-4-10-9(5-7)6-8(2)11-10;1-7-5-3-2-4-6-7/h2-5,9,13,19H,6-8,10-12H2,1H3;3-6,11H,1-2H3;2-6H,1H3. The third kappa shape index (κ3) is 12.0. The molecule has 0 fully saturated rings. The molecule has 3 aromatic carbocycles. The molecule has 2 N–H and O–H groups in total. The molecule has 0 aliphatic carbocycles. The summed E-state index contributed by atoms with van der Waals surface area (Å²) in [5, 5.41) is 10.1. The number of fused-ring (bicyclic) bond motifs is 1. The molecular weight excluding hydrogens is 490 g/mol. The average Bonchev–Trinajstić information content (AvgIpc) is 3.30. The van der Waals surface area contributed by atoms with Gasteiger partial charge in [-0.2, -0.15) is 0 Å². The Bertz CT molecular complexity index is 1260. The summed E-state index contributed by atoms with van der Waals surface area (Å²) in [7, 11) is 1.94. The highest BCUT2D eigenvalue weighted by Gasteiger charge is 2.08. The number of nitrogens with zero attached hydrogens (tertiary/aromatic N) is 2. The first-order chi connectivity index (χ1) is 18.9. The number of aliphatic hydroxyl groups excluding tert-OH is 1. The molecule has 0 unspecified atom stereocenters. The Balaban J connectivity index is 0.000000242. The number of aliphatic hydroxyl groups is 1. The highest BCUT2D eigenvalue weighted by molar-refractivity contribution is 5.80. The number of benzene rings is 3. The zero-order chi connectivity index (χ0) is 28.5. The van der Waals surface area contributed by atoms with E-state index in [0.29, 0.717) is 32.3 Å². The summed E-state index contributed by atoms with van der Waals surface area (Å²) in [5.74, 6) is 0.749. The molecule has 1 heterocycles. The molecule has 7 heteroatoms. The van der Waals surface area contributed by atoms with Crippen molar-refractivity contribution >= 4 is 23.6 Å². The SMILES string of the molecule is CN(CCN(C=O)CC=O)Cc1ccccc1OCCO.Cc1ccc2[nH]c(C)cc2c1.Cc1ccccc1. The summed E-state index contributed by atoms with van der Waals surface area (Å²) in [4.78, 5) is 27.9. The molecule has 0 spiro atoms. The zero-order valence-corrected chi connectivity index (χ0v) is 23.5. The number of aryl methyl sites for hydroxylation is 3. The predicted octanol–water partition coefficient (Wildman–Crippen LogP) is 4.93. The molecule has 0 atom stereocenters. The van der Waals surface area contributed by atoms with Gasteiger partial charge in [-0.15, -0.1) is 0 Å². The number of H-pyrrole nitrogens is 1. The second-order valence-corrected chi connectivity index (χ2v) is 9.38. The van der Waals surface area contributed by atoms with E-state index in [4.69, 9.17) is 9.84 Å². The maximum Gasteiger partial charge on any atom is 0.210 e. The second kappa shape index (κ2) is 17.5. The molecule has 0 aliphatic rings. The van der Waals surface area contributed by atoms with Gasteiger partial charge in [-0.3, -0.25) is 4.79 Å². The third-order valence-electron chi connectivity index (χ3n) is 5.84. The van der Waals surface area contributed by atoms with Gasteiger partial charge in [0.2, 0.25) is 6.41 Å². The van der Waals surface area contributed by atoms with Gasteiger partial charge in [0.1, 0.15) is 18.6 Å². The Morgan fingerprint density at radius 1 is 0.872 bits per heavy atom. The fraction of sp³-hybridized carbons (Fsp3) is 0.312. The van der Waals surface area contributed by atoms with Crippen LogP contribution in [0.25, 0.3) is 10.9 Å². The van der Waals surface area contributed by atoms with E-state index < -0.39 is 0 Å². The number of hydrogen-bond acceptors (Lipinski definition) is 5. The molecule has 39 heavy (non-hydrogen) atoms. The molecule has 7 nitrogen and oxygen atoms in total. The molecule has 0 radical (unpaired) electrons. The van der Waals surface area contributed by atoms with Gasteiger partial charge in [0.05, 0.1) is 13.2 Å². The minimum atomic E-state index is -0.0236. The van der Waals surface area contributed by atoms with Crippen LogP contribution in [-0.2, 0) is 16.1 Å². The van der Waals surface area contributed by atoms with E-state index in [-0.39, 0.29) is 19.8 Å². The summed E-state index contributed by atoms with van der Waals surface area (Å²) in [6.45, 7) is 8.45. The van der Waals surface area contributed by atoms with Crippen LogP contribution >= 0.6 is 0 Å². The largest absolute Gasteiger partial charge is 0.491 e. The van der Waals surface area contributed by atoms with Gasteiger partial charge in [0.15, 0.2) is 0 Å². The van der Waals surface area contributed by atoms with Crippen molar-refractivity contribution in [1.82, 2.24) is 14.8 Å². The second-order valence-electron chi connectivity index (χ2n) is 9.38. The first kappa shape index (κ1) is 31.3. The van der Waals surface area contributed by atoms with E-state index in [1.165, 1.54) is 32.6 Å². The molecule has 4 aromatic rings. The predicted molar refractivity (Wildman–Crippen MR) is 158 cm³/mol. The van der Waals surface area contributed by atoms with E-state index in [0.717, 1.165) is 11.3 Å². The lowest BCUT2D eigenvalue weighted by Crippen LogP contribution is -2.33. The lowest BCUT2D eigenvalue weighted by atomic mass is 10.2. The number of aromatic amines is 1. The lowest BCUT2D eigenvalue weighted by molar-refractivity contribution is -0.121. The van der Waals surface area contributed by atoms with Crippen LogP contribution in [0, 0.1) is 20.8 Å². The normalized spacial score (nSPS) is 10.2. The minimum Gasteiger partial charge on any atom is -0.491 e. The summed E-state index contributed by atoms with van der Waals surface area (Å²) < 4.78 is 5.48. The van der Waals surface area contributed by atoms with E-state index in [1.54, 1.807) is 0 Å². The van der Waals surface area contributed by atoms with Crippen LogP contribution in [0.4, 0.5) is 0 Å². The maximum atomic E-state index is 10.7. The van der Waals surface area contributed by atoms with E-state index >= 15 is 0 Å². The number of likely N-dealkylation sites (N-methyl/N-ethyl adjacent to an activating group) is 1. The number of aldehydes is 1. The minimum absolute atomic E-state index is 0.0236. The Morgan fingerprint density at radius 3 is 2.23 bits per heavy atom. The number of carbonyl (C=O) groups is 2. The first-order valence-electron chi connectivity index (χ1n) is 13.1. The van der Waals surface area contributed by atoms with Gasteiger partial charge >= 0.3 is 0 Å². The number of para-hydroxylation sites is 1. The molecule has 4 rings (SSSR count). The number of aromatic nitrogens is 1. The van der Waals surface area contributed by atoms with Crippen LogP contribution in [0.2, 0.25) is 0 Å². The fourth-order valence-electron chi connectivity index (χ4n) is 3.81. The maximum absolute atomic E-state index is 10.7. The van der Waals surface area contributed by atoms with Crippen molar-refractivity contribution in [3.8, 4) is 5.75 Å². The summed E-state index contributed by atoms with van der Waals surface area (Å²) in [5.41, 5.74) is 6.11. The molecular formula is C32H41N3O4. The topological polar surface area (TPSA) is 85.9 Å². The van der Waals surface area contributed by atoms with Gasteiger partial charge in [0, 0.05) is 36.4 Å². The van der Waals surface area contributed by atoms with Gasteiger partial charge in [-0.25, -0.2) is 0 Å². The average molecular weight is 532 g/mol. The van der Waals surface area contributed by atoms with Crippen LogP contribution in [0.5, 0.6) is 5.75 Å². The van der Waals surface area contributed by atoms with Crippen molar-refractivity contribution in [2.75, 3.05) is 39.9 Å². The summed E-state index contributed by atoms with van der Waals surface area (Å²) >= 11 is 0. The number of rotatable bonds is 11. The van der Waals surface area contributed by atoms with Crippen LogP contribution in [0.15, 0.2) is 78.9 Å². The summed E-state index contributed by atoms with van der Waals surface area (Å²) in [6, 6.07) is 26.5. The van der Waals surface area contributed by atoms with Gasteiger partial charge in [0.25, 0.3) is 0 Å². The van der Waals surface area contributed by atoms with Crippen molar-refractivity contribution in [3.63, 3.8) is 0 Å². The van der Waals surface area contributed by atoms with Crippen molar-refractivity contribution in [2.45, 2.75) is 27.3 Å². The van der Waals surface area contributed by atoms with Crippen molar-refractivity contribution in [2.24, 2.45) is 0 Å². The van der Waals surface area contributed by atoms with Crippen LogP contribution in [-0.4, -0.2) is 72.5 Å². The van der Waals surface area contributed by atoms with Gasteiger partial charge in [-0.1, -0.05) is 65.7 Å². The summed E-state index contributed by atoms with van der Waals surface area (Å²) in [6.07, 6.45) is 1.40. The van der Waals surface area contributed by atoms with E-state index in [9.17, 15) is 9.59 Å². The smallest absolute Gasteiger partial charge is 0.210 e. The van der Waals surface area contributed by atoms with Gasteiger partial charge < -0.3 is 29.4 Å². The molecule has 0 bridgehead atoms. The molecule has 0 saturated heterocycles. The van der Waals surface area contributed by atoms with Gasteiger partial charge in [-0.05, 0) is 57.5 Å². The number of ether oxygens (including phenoxy) is 1. The Hall–Kier alpha value is -3.94. The quantitative estimate of drug-likeness (QED) is 0.268. The fourth-order valence-corrected chi connectivity index (χ4v) is 3.81. The van der Waals surface area contributed by atoms with E-state index in [2.05, 4.69) is 62.2 Å². The van der Waals surface area contributed by atoms with Crippen molar-refractivity contribution in [3.05, 3.63) is 101 Å². The Kier molecular flexibility index (Phi) is 14.1. The zero-order valence-electron chi connectivity index (χ0n) is 23.5. The highest BCUT2D eigenvalue weighted by Crippen LogP contribution is 2.19. The third-order valence-corrected chi connectivity index (χ3v) is 5.84. The first-order valence-corrected chi connectivity index (χ1v) is 13.1.